The van der Waals surface area contributed by atoms with Crippen molar-refractivity contribution in [3.05, 3.63) is 34.4 Å². The summed E-state index contributed by atoms with van der Waals surface area (Å²) < 4.78 is 0. The van der Waals surface area contributed by atoms with E-state index in [1.54, 1.807) is 0 Å². The molecule has 0 bridgehead atoms. The van der Waals surface area contributed by atoms with E-state index >= 15 is 0 Å². The Labute approximate surface area is 121 Å². The average Bonchev–Trinajstić information content (AvgIpc) is 2.34. The Bertz CT molecular complexity index is 423. The van der Waals surface area contributed by atoms with Gasteiger partial charge in [0.25, 0.3) is 0 Å². The molecule has 2 rings (SSSR count). The third-order valence-corrected chi connectivity index (χ3v) is 5.19. The zero-order valence-electron chi connectivity index (χ0n) is 12.4. The molecular formula is C16H25NOS. The Morgan fingerprint density at radius 1 is 1.32 bits per heavy atom. The first kappa shape index (κ1) is 14.9. The number of rotatable bonds is 3. The van der Waals surface area contributed by atoms with Gasteiger partial charge in [-0.3, -0.25) is 4.90 Å². The topological polar surface area (TPSA) is 23.5 Å². The van der Waals surface area contributed by atoms with Gasteiger partial charge in [0.15, 0.2) is 0 Å². The minimum atomic E-state index is -0.266. The van der Waals surface area contributed by atoms with Gasteiger partial charge in [0, 0.05) is 30.5 Å². The van der Waals surface area contributed by atoms with Crippen molar-refractivity contribution in [3.8, 4) is 0 Å². The predicted octanol–water partition coefficient (Wildman–Crippen LogP) is 2.56. The Morgan fingerprint density at radius 2 is 1.95 bits per heavy atom. The smallest absolute Gasteiger partial charge is 0.0743 e. The van der Waals surface area contributed by atoms with Crippen LogP contribution in [0.5, 0.6) is 0 Å². The minimum Gasteiger partial charge on any atom is -0.391 e. The molecule has 19 heavy (non-hydrogen) atoms. The summed E-state index contributed by atoms with van der Waals surface area (Å²) in [6.45, 7) is 7.52. The van der Waals surface area contributed by atoms with Crippen LogP contribution in [0.3, 0.4) is 0 Å². The molecule has 0 amide bonds. The number of hydrogen-bond donors (Lipinski definition) is 1. The molecule has 1 fully saturated rings. The lowest BCUT2D eigenvalue weighted by Crippen LogP contribution is -2.47. The zero-order valence-corrected chi connectivity index (χ0v) is 13.3. The third-order valence-electron chi connectivity index (χ3n) is 4.14. The van der Waals surface area contributed by atoms with Crippen LogP contribution >= 0.6 is 11.8 Å². The Balaban J connectivity index is 2.12. The van der Waals surface area contributed by atoms with Gasteiger partial charge in [-0.05, 0) is 44.5 Å². The second kappa shape index (κ2) is 6.29. The lowest BCUT2D eigenvalue weighted by atomic mass is 9.93. The summed E-state index contributed by atoms with van der Waals surface area (Å²) in [5.41, 5.74) is 5.24. The van der Waals surface area contributed by atoms with Gasteiger partial charge in [-0.2, -0.15) is 11.8 Å². The van der Waals surface area contributed by atoms with Crippen LogP contribution in [0.2, 0.25) is 0 Å². The minimum absolute atomic E-state index is 0.266. The summed E-state index contributed by atoms with van der Waals surface area (Å²) in [7, 11) is 2.13. The van der Waals surface area contributed by atoms with Crippen molar-refractivity contribution in [1.82, 2.24) is 4.90 Å². The van der Waals surface area contributed by atoms with Crippen LogP contribution in [0, 0.1) is 20.8 Å². The fourth-order valence-corrected chi connectivity index (χ4v) is 4.29. The van der Waals surface area contributed by atoms with Crippen LogP contribution in [-0.2, 0) is 6.42 Å². The van der Waals surface area contributed by atoms with Crippen LogP contribution in [0.4, 0.5) is 0 Å². The molecule has 0 saturated carbocycles. The van der Waals surface area contributed by atoms with Gasteiger partial charge in [0.2, 0.25) is 0 Å². The molecule has 0 aliphatic carbocycles. The molecule has 1 saturated heterocycles. The van der Waals surface area contributed by atoms with Gasteiger partial charge in [0.05, 0.1) is 6.10 Å². The molecule has 1 aliphatic rings. The van der Waals surface area contributed by atoms with Crippen molar-refractivity contribution >= 4 is 11.8 Å². The van der Waals surface area contributed by atoms with E-state index in [1.165, 1.54) is 28.0 Å². The average molecular weight is 279 g/mol. The summed E-state index contributed by atoms with van der Waals surface area (Å²) in [6.07, 6.45) is 0.506. The SMILES string of the molecule is Cc1cc(C)c(CC(O)C2CSCCN2C)c(C)c1. The largest absolute Gasteiger partial charge is 0.391 e. The van der Waals surface area contributed by atoms with Crippen LogP contribution in [0.1, 0.15) is 22.3 Å². The molecule has 1 aromatic rings. The van der Waals surface area contributed by atoms with Gasteiger partial charge < -0.3 is 5.11 Å². The Hall–Kier alpha value is -0.510. The predicted molar refractivity (Wildman–Crippen MR) is 84.1 cm³/mol. The number of aryl methyl sites for hydroxylation is 3. The number of aliphatic hydroxyl groups excluding tert-OH is 1. The molecule has 1 N–H and O–H groups in total. The van der Waals surface area contributed by atoms with Gasteiger partial charge in [-0.15, -0.1) is 0 Å². The van der Waals surface area contributed by atoms with E-state index < -0.39 is 0 Å². The molecular weight excluding hydrogens is 254 g/mol. The Kier molecular flexibility index (Phi) is 4.93. The highest BCUT2D eigenvalue weighted by molar-refractivity contribution is 7.99. The highest BCUT2D eigenvalue weighted by Crippen LogP contribution is 2.23. The summed E-state index contributed by atoms with van der Waals surface area (Å²) in [5.74, 6) is 2.23. The van der Waals surface area contributed by atoms with Crippen LogP contribution in [0.25, 0.3) is 0 Å². The van der Waals surface area contributed by atoms with Gasteiger partial charge in [0.1, 0.15) is 0 Å². The maximum absolute atomic E-state index is 10.6. The van der Waals surface area contributed by atoms with E-state index in [9.17, 15) is 5.11 Å². The molecule has 1 aliphatic heterocycles. The number of nitrogens with zero attached hydrogens (tertiary/aromatic N) is 1. The van der Waals surface area contributed by atoms with Crippen molar-refractivity contribution in [2.45, 2.75) is 39.3 Å². The van der Waals surface area contributed by atoms with Gasteiger partial charge >= 0.3 is 0 Å². The number of likely N-dealkylation sites (N-methyl/N-ethyl adjacent to an activating group) is 1. The van der Waals surface area contributed by atoms with Crippen molar-refractivity contribution in [1.29, 1.82) is 0 Å². The molecule has 0 radical (unpaired) electrons. The van der Waals surface area contributed by atoms with Gasteiger partial charge in [-0.25, -0.2) is 0 Å². The molecule has 1 aromatic carbocycles. The van der Waals surface area contributed by atoms with E-state index in [1.807, 2.05) is 11.8 Å². The second-order valence-electron chi connectivity index (χ2n) is 5.77. The number of hydrogen-bond acceptors (Lipinski definition) is 3. The summed E-state index contributed by atoms with van der Waals surface area (Å²) in [6, 6.07) is 4.72. The van der Waals surface area contributed by atoms with Crippen LogP contribution < -0.4 is 0 Å². The highest BCUT2D eigenvalue weighted by atomic mass is 32.2. The molecule has 0 aromatic heterocycles. The van der Waals surface area contributed by atoms with Crippen molar-refractivity contribution < 1.29 is 5.11 Å². The lowest BCUT2D eigenvalue weighted by molar-refractivity contribution is 0.0761. The molecule has 3 heteroatoms. The molecule has 106 valence electrons. The van der Waals surface area contributed by atoms with Crippen LogP contribution in [-0.4, -0.2) is 47.3 Å². The normalized spacial score (nSPS) is 22.5. The Morgan fingerprint density at radius 3 is 2.53 bits per heavy atom. The zero-order chi connectivity index (χ0) is 14.0. The first-order chi connectivity index (χ1) is 8.99. The maximum atomic E-state index is 10.6. The highest BCUT2D eigenvalue weighted by Gasteiger charge is 2.27. The van der Waals surface area contributed by atoms with Crippen molar-refractivity contribution in [3.63, 3.8) is 0 Å². The van der Waals surface area contributed by atoms with E-state index in [0.29, 0.717) is 6.04 Å². The van der Waals surface area contributed by atoms with Crippen LogP contribution in [0.15, 0.2) is 12.1 Å². The summed E-state index contributed by atoms with van der Waals surface area (Å²) in [4.78, 5) is 2.31. The first-order valence-corrected chi connectivity index (χ1v) is 8.17. The van der Waals surface area contributed by atoms with E-state index in [4.69, 9.17) is 0 Å². The lowest BCUT2D eigenvalue weighted by Gasteiger charge is -2.35. The quantitative estimate of drug-likeness (QED) is 0.920. The van der Waals surface area contributed by atoms with E-state index in [0.717, 1.165) is 18.7 Å². The molecule has 2 atom stereocenters. The molecule has 2 unspecified atom stereocenters. The third kappa shape index (κ3) is 3.53. The maximum Gasteiger partial charge on any atom is 0.0743 e. The standard InChI is InChI=1S/C16H25NOS/c1-11-7-12(2)14(13(3)8-11)9-16(18)15-10-19-6-5-17(15)4/h7-8,15-16,18H,5-6,9-10H2,1-4H3. The second-order valence-corrected chi connectivity index (χ2v) is 6.92. The molecule has 2 nitrogen and oxygen atoms in total. The number of benzene rings is 1. The number of aliphatic hydroxyl groups is 1. The number of thioether (sulfide) groups is 1. The van der Waals surface area contributed by atoms with Gasteiger partial charge in [-0.1, -0.05) is 17.7 Å². The van der Waals surface area contributed by atoms with Crippen molar-refractivity contribution in [2.75, 3.05) is 25.1 Å². The van der Waals surface area contributed by atoms with E-state index in [-0.39, 0.29) is 6.10 Å². The van der Waals surface area contributed by atoms with E-state index in [2.05, 4.69) is 44.9 Å². The summed E-state index contributed by atoms with van der Waals surface area (Å²) in [5, 5.41) is 10.6. The monoisotopic (exact) mass is 279 g/mol. The molecule has 0 spiro atoms. The first-order valence-electron chi connectivity index (χ1n) is 7.02. The fourth-order valence-electron chi connectivity index (χ4n) is 2.99. The fraction of sp³-hybridized carbons (Fsp3) is 0.625. The van der Waals surface area contributed by atoms with Crippen molar-refractivity contribution in [2.24, 2.45) is 0 Å². The molecule has 1 heterocycles. The summed E-state index contributed by atoms with van der Waals surface area (Å²) >= 11 is 1.95.